The number of nitrogens with one attached hydrogen (secondary N) is 3. The molecule has 18 nitrogen and oxygen atoms in total. The van der Waals surface area contributed by atoms with Gasteiger partial charge in [0.1, 0.15) is 0 Å². The Morgan fingerprint density at radius 2 is 0.710 bits per heavy atom. The Balaban J connectivity index is -0.000000174. The van der Waals surface area contributed by atoms with Crippen molar-refractivity contribution in [3.8, 4) is 0 Å². The summed E-state index contributed by atoms with van der Waals surface area (Å²) in [5.74, 6) is -4.18. The number of carbonyl (C=O) groups excluding carboxylic acids is 3. The molecule has 0 spiro atoms. The van der Waals surface area contributed by atoms with Crippen molar-refractivity contribution in [1.29, 1.82) is 0 Å². The summed E-state index contributed by atoms with van der Waals surface area (Å²) in [7, 11) is -12.4. The molecule has 0 atom stereocenters. The summed E-state index contributed by atoms with van der Waals surface area (Å²) >= 11 is 0. The van der Waals surface area contributed by atoms with Gasteiger partial charge in [-0.1, -0.05) is 0 Å². The van der Waals surface area contributed by atoms with Crippen molar-refractivity contribution in [2.24, 2.45) is 0 Å². The first-order valence-electron chi connectivity index (χ1n) is 7.10. The normalized spacial score (nSPS) is 11.0. The van der Waals surface area contributed by atoms with Crippen LogP contribution in [-0.2, 0) is 28.1 Å². The Labute approximate surface area is 185 Å². The van der Waals surface area contributed by atoms with Gasteiger partial charge in [-0.15, -0.1) is 0 Å². The molecule has 0 aromatic carbocycles. The largest absolute Gasteiger partial charge is 3.00 e. The fraction of sp³-hybridized carbons (Fsp3) is 0.667. The summed E-state index contributed by atoms with van der Waals surface area (Å²) in [5.41, 5.74) is 0. The SMILES string of the molecule is O=C([O-])CNCP(=O)(O)O.O=C([O-])CNCP(=O)(O)O.O=C([O-])CNCP(=O)(O)O.[Al+3]. The Morgan fingerprint density at radius 1 is 0.548 bits per heavy atom. The van der Waals surface area contributed by atoms with E-state index in [1.165, 1.54) is 0 Å². The van der Waals surface area contributed by atoms with Crippen LogP contribution in [0.2, 0.25) is 0 Å². The van der Waals surface area contributed by atoms with E-state index in [-0.39, 0.29) is 17.4 Å². The van der Waals surface area contributed by atoms with E-state index in [0.717, 1.165) is 0 Å². The van der Waals surface area contributed by atoms with E-state index in [1.807, 2.05) is 16.0 Å². The molecule has 0 bridgehead atoms. The second-order valence-corrected chi connectivity index (χ2v) is 9.80. The molecule has 0 aliphatic heterocycles. The second-order valence-electron chi connectivity index (χ2n) is 4.86. The third-order valence-corrected chi connectivity index (χ3v) is 3.67. The van der Waals surface area contributed by atoms with Crippen molar-refractivity contribution >= 4 is 58.1 Å². The molecule has 0 radical (unpaired) electrons. The van der Waals surface area contributed by atoms with Gasteiger partial charge in [0.25, 0.3) is 0 Å². The van der Waals surface area contributed by atoms with Gasteiger partial charge in [0.05, 0.1) is 36.8 Å². The molecular formula is C9H21AlN3O15P3. The number of carbonyl (C=O) groups is 3. The van der Waals surface area contributed by atoms with E-state index in [2.05, 4.69) is 0 Å². The Morgan fingerprint density at radius 3 is 0.806 bits per heavy atom. The van der Waals surface area contributed by atoms with Gasteiger partial charge in [0.2, 0.25) is 0 Å². The van der Waals surface area contributed by atoms with Gasteiger partial charge in [-0.25, -0.2) is 0 Å². The molecule has 22 heteroatoms. The van der Waals surface area contributed by atoms with Crippen LogP contribution in [-0.4, -0.2) is 103 Å². The van der Waals surface area contributed by atoms with Crippen LogP contribution in [0.4, 0.5) is 0 Å². The monoisotopic (exact) mass is 531 g/mol. The van der Waals surface area contributed by atoms with E-state index < -0.39 is 79.2 Å². The summed E-state index contributed by atoms with van der Waals surface area (Å²) < 4.78 is 30.1. The van der Waals surface area contributed by atoms with Gasteiger partial charge >= 0.3 is 40.1 Å². The smallest absolute Gasteiger partial charge is 0.549 e. The van der Waals surface area contributed by atoms with Crippen molar-refractivity contribution in [3.05, 3.63) is 0 Å². The maximum absolute atomic E-state index is 10.0. The zero-order chi connectivity index (χ0) is 24.6. The predicted molar refractivity (Wildman–Crippen MR) is 95.5 cm³/mol. The molecule has 9 N–H and O–H groups in total. The quantitative estimate of drug-likeness (QED) is 0.0833. The van der Waals surface area contributed by atoms with Crippen molar-refractivity contribution in [1.82, 2.24) is 16.0 Å². The molecule has 0 rings (SSSR count). The van der Waals surface area contributed by atoms with E-state index in [0.29, 0.717) is 0 Å². The topological polar surface area (TPSA) is 329 Å². The van der Waals surface area contributed by atoms with Crippen LogP contribution in [0.1, 0.15) is 0 Å². The van der Waals surface area contributed by atoms with Crippen LogP contribution in [0.3, 0.4) is 0 Å². The van der Waals surface area contributed by atoms with Crippen LogP contribution in [0.5, 0.6) is 0 Å². The predicted octanol–water partition coefficient (Wildman–Crippen LogP) is -8.00. The average molecular weight is 531 g/mol. The zero-order valence-corrected chi connectivity index (χ0v) is 19.4. The first-order chi connectivity index (χ1) is 13.2. The van der Waals surface area contributed by atoms with Crippen LogP contribution < -0.4 is 31.3 Å². The molecule has 0 saturated carbocycles. The summed E-state index contributed by atoms with van der Waals surface area (Å²) in [6.07, 6.45) is -1.91. The Kier molecular flexibility index (Phi) is 22.8. The molecule has 0 aromatic heterocycles. The number of aliphatic carboxylic acids is 3. The molecule has 0 heterocycles. The van der Waals surface area contributed by atoms with Gasteiger partial charge in [0.15, 0.2) is 0 Å². The van der Waals surface area contributed by atoms with E-state index in [4.69, 9.17) is 29.4 Å². The number of hydrogen-bond donors (Lipinski definition) is 9. The molecular weight excluding hydrogens is 510 g/mol. The molecule has 0 aromatic rings. The minimum absolute atomic E-state index is 0. The Bertz CT molecular complexity index is 584. The molecule has 0 amide bonds. The number of carboxylic acids is 3. The van der Waals surface area contributed by atoms with Gasteiger partial charge in [-0.05, 0) is 0 Å². The maximum Gasteiger partial charge on any atom is 3.00 e. The first-order valence-corrected chi connectivity index (χ1v) is 12.5. The zero-order valence-electron chi connectivity index (χ0n) is 15.5. The van der Waals surface area contributed by atoms with E-state index >= 15 is 0 Å². The molecule has 0 unspecified atom stereocenters. The van der Waals surface area contributed by atoms with Crippen molar-refractivity contribution in [3.63, 3.8) is 0 Å². The second kappa shape index (κ2) is 18.8. The fourth-order valence-corrected chi connectivity index (χ4v) is 2.12. The molecule has 0 fully saturated rings. The fourth-order valence-electron chi connectivity index (χ4n) is 0.911. The Hall–Kier alpha value is -0.728. The number of rotatable bonds is 12. The summed E-state index contributed by atoms with van der Waals surface area (Å²) in [4.78, 5) is 78.0. The molecule has 31 heavy (non-hydrogen) atoms. The first kappa shape index (κ1) is 37.6. The van der Waals surface area contributed by atoms with Crippen LogP contribution in [0, 0.1) is 0 Å². The third-order valence-electron chi connectivity index (χ3n) is 1.76. The van der Waals surface area contributed by atoms with Gasteiger partial charge < -0.3 is 75.0 Å². The molecule has 0 aliphatic carbocycles. The van der Waals surface area contributed by atoms with Gasteiger partial charge in [-0.3, -0.25) is 13.7 Å². The van der Waals surface area contributed by atoms with Crippen molar-refractivity contribution in [2.45, 2.75) is 0 Å². The average Bonchev–Trinajstić information content (AvgIpc) is 2.42. The minimum Gasteiger partial charge on any atom is -0.549 e. The third kappa shape index (κ3) is 53.0. The summed E-state index contributed by atoms with van der Waals surface area (Å²) in [5, 5.41) is 35.0. The van der Waals surface area contributed by atoms with Gasteiger partial charge in [-0.2, -0.15) is 0 Å². The summed E-state index contributed by atoms with van der Waals surface area (Å²) in [6.45, 7) is -1.65. The minimum atomic E-state index is -4.12. The van der Waals surface area contributed by atoms with Crippen LogP contribution >= 0.6 is 22.8 Å². The van der Waals surface area contributed by atoms with Crippen molar-refractivity contribution < 1.29 is 72.8 Å². The van der Waals surface area contributed by atoms with Gasteiger partial charge in [0, 0.05) is 19.6 Å². The molecule has 0 aliphatic rings. The maximum atomic E-state index is 10.0. The standard InChI is InChI=1S/3C3H8NO5P.Al/c3*5-3(6)1-4-2-10(7,8)9;/h3*4H,1-2H2,(H,5,6)(H2,7,8,9);/q;;;+3/p-3. The number of hydrogen-bond acceptors (Lipinski definition) is 12. The summed E-state index contributed by atoms with van der Waals surface area (Å²) in [6, 6.07) is 0. The van der Waals surface area contributed by atoms with Crippen molar-refractivity contribution in [2.75, 3.05) is 38.5 Å². The van der Waals surface area contributed by atoms with E-state index in [1.54, 1.807) is 0 Å². The van der Waals surface area contributed by atoms with Crippen LogP contribution in [0.25, 0.3) is 0 Å². The number of carboxylic acid groups (broad SMARTS) is 3. The molecule has 0 saturated heterocycles. The molecule has 180 valence electrons. The van der Waals surface area contributed by atoms with Crippen LogP contribution in [0.15, 0.2) is 0 Å². The van der Waals surface area contributed by atoms with E-state index in [9.17, 15) is 43.4 Å².